The number of aromatic nitrogens is 3. The maximum atomic E-state index is 12.6. The quantitative estimate of drug-likeness (QED) is 0.382. The van der Waals surface area contributed by atoms with E-state index in [1.54, 1.807) is 14.0 Å². The maximum Gasteiger partial charge on any atom is 0.356 e. The first-order valence-electron chi connectivity index (χ1n) is 9.94. The van der Waals surface area contributed by atoms with Gasteiger partial charge in [-0.1, -0.05) is 35.0 Å². The number of anilines is 1. The fourth-order valence-electron chi connectivity index (χ4n) is 3.47. The van der Waals surface area contributed by atoms with Crippen molar-refractivity contribution in [2.45, 2.75) is 38.8 Å². The van der Waals surface area contributed by atoms with Crippen LogP contribution in [0.5, 0.6) is 0 Å². The van der Waals surface area contributed by atoms with Crippen LogP contribution in [0.2, 0.25) is 5.15 Å². The molecule has 2 aromatic heterocycles. The summed E-state index contributed by atoms with van der Waals surface area (Å²) in [6, 6.07) is -0.257. The summed E-state index contributed by atoms with van der Waals surface area (Å²) in [6.45, 7) is 4.56. The summed E-state index contributed by atoms with van der Waals surface area (Å²) in [5.41, 5.74) is 1.06. The van der Waals surface area contributed by atoms with E-state index >= 15 is 0 Å². The van der Waals surface area contributed by atoms with Crippen molar-refractivity contribution >= 4 is 45.7 Å². The van der Waals surface area contributed by atoms with Crippen molar-refractivity contribution in [2.24, 2.45) is 5.16 Å². The Kier molecular flexibility index (Phi) is 7.69. The third-order valence-electron chi connectivity index (χ3n) is 5.12. The van der Waals surface area contributed by atoms with Crippen LogP contribution >= 0.6 is 22.9 Å². The monoisotopic (exact) mass is 484 g/mol. The van der Waals surface area contributed by atoms with E-state index in [1.165, 1.54) is 18.4 Å². The number of amides is 1. The molecule has 1 saturated heterocycles. The first-order valence-corrected chi connectivity index (χ1v) is 11.1. The lowest BCUT2D eigenvalue weighted by Crippen LogP contribution is -2.55. The number of carboxylic acid groups (broad SMARTS) is 1. The number of H-pyrrole nitrogens is 1. The summed E-state index contributed by atoms with van der Waals surface area (Å²) in [7, 11) is 2.96. The number of nitrogens with zero attached hydrogens (tertiary/aromatic N) is 4. The molecule has 1 aliphatic heterocycles. The number of oxime groups is 1. The van der Waals surface area contributed by atoms with Gasteiger partial charge in [-0.15, -0.1) is 0 Å². The van der Waals surface area contributed by atoms with Crippen LogP contribution in [0, 0.1) is 0 Å². The van der Waals surface area contributed by atoms with Gasteiger partial charge in [-0.3, -0.25) is 4.79 Å². The van der Waals surface area contributed by atoms with Crippen LogP contribution in [0.3, 0.4) is 0 Å². The molecule has 1 fully saturated rings. The number of nitrogens with one attached hydrogen (secondary N) is 2. The largest absolute Gasteiger partial charge is 0.476 e. The molecule has 2 atom stereocenters. The SMILES string of the molecule is CCc1[nH]c(C(=O)N[C@@H]2CCN(c3nc(C(=O)O)c(/C(C)=N/OC)s3)C[C@@H]2OC)nc1Cl. The Bertz CT molecular complexity index is 1020. The Hall–Kier alpha value is -2.70. The summed E-state index contributed by atoms with van der Waals surface area (Å²) in [5.74, 6) is -1.34. The third kappa shape index (κ3) is 5.03. The summed E-state index contributed by atoms with van der Waals surface area (Å²) in [6.07, 6.45) is 0.876. The molecule has 0 radical (unpaired) electrons. The molecule has 13 heteroatoms. The molecule has 0 saturated carbocycles. The van der Waals surface area contributed by atoms with Crippen molar-refractivity contribution in [3.63, 3.8) is 0 Å². The normalized spacial score (nSPS) is 19.2. The van der Waals surface area contributed by atoms with Crippen molar-refractivity contribution in [1.29, 1.82) is 0 Å². The van der Waals surface area contributed by atoms with Crippen molar-refractivity contribution in [3.8, 4) is 0 Å². The predicted molar refractivity (Wildman–Crippen MR) is 120 cm³/mol. The minimum atomic E-state index is -1.14. The van der Waals surface area contributed by atoms with Crippen LogP contribution in [0.15, 0.2) is 5.16 Å². The molecule has 0 aliphatic carbocycles. The van der Waals surface area contributed by atoms with E-state index in [1.807, 2.05) is 11.8 Å². The Morgan fingerprint density at radius 2 is 2.16 bits per heavy atom. The minimum absolute atomic E-state index is 0.0749. The zero-order valence-corrected chi connectivity index (χ0v) is 19.7. The highest BCUT2D eigenvalue weighted by atomic mass is 35.5. The molecule has 3 rings (SSSR count). The van der Waals surface area contributed by atoms with Gasteiger partial charge in [0.1, 0.15) is 7.11 Å². The highest BCUT2D eigenvalue weighted by molar-refractivity contribution is 7.17. The zero-order valence-electron chi connectivity index (χ0n) is 18.1. The lowest BCUT2D eigenvalue weighted by atomic mass is 10.0. The van der Waals surface area contributed by atoms with E-state index in [2.05, 4.69) is 25.4 Å². The third-order valence-corrected chi connectivity index (χ3v) is 6.66. The number of carbonyl (C=O) groups is 2. The van der Waals surface area contributed by atoms with E-state index < -0.39 is 5.97 Å². The van der Waals surface area contributed by atoms with Crippen molar-refractivity contribution in [1.82, 2.24) is 20.3 Å². The van der Waals surface area contributed by atoms with Gasteiger partial charge in [0, 0.05) is 20.2 Å². The van der Waals surface area contributed by atoms with Crippen LogP contribution in [-0.4, -0.2) is 77.1 Å². The Labute approximate surface area is 193 Å². The number of aromatic amines is 1. The number of ether oxygens (including phenoxy) is 1. The molecule has 0 aromatic carbocycles. The Morgan fingerprint density at radius 3 is 2.75 bits per heavy atom. The van der Waals surface area contributed by atoms with Gasteiger partial charge in [-0.2, -0.15) is 0 Å². The van der Waals surface area contributed by atoms with Gasteiger partial charge >= 0.3 is 5.97 Å². The van der Waals surface area contributed by atoms with Gasteiger partial charge in [-0.05, 0) is 19.8 Å². The molecule has 3 heterocycles. The van der Waals surface area contributed by atoms with Crippen LogP contribution in [-0.2, 0) is 16.0 Å². The number of hydrogen-bond acceptors (Lipinski definition) is 9. The lowest BCUT2D eigenvalue weighted by molar-refractivity contribution is 0.0538. The molecule has 32 heavy (non-hydrogen) atoms. The number of imidazole rings is 1. The van der Waals surface area contributed by atoms with Crippen molar-refractivity contribution in [3.05, 3.63) is 27.2 Å². The molecule has 1 amide bonds. The van der Waals surface area contributed by atoms with Gasteiger partial charge in [0.05, 0.1) is 28.4 Å². The number of carbonyl (C=O) groups excluding carboxylic acids is 1. The lowest BCUT2D eigenvalue weighted by Gasteiger charge is -2.37. The smallest absolute Gasteiger partial charge is 0.356 e. The van der Waals surface area contributed by atoms with E-state index in [0.29, 0.717) is 47.3 Å². The van der Waals surface area contributed by atoms with Crippen molar-refractivity contribution in [2.75, 3.05) is 32.2 Å². The number of aryl methyl sites for hydroxylation is 1. The van der Waals surface area contributed by atoms with E-state index in [9.17, 15) is 14.7 Å². The first-order chi connectivity index (χ1) is 15.3. The van der Waals surface area contributed by atoms with E-state index in [-0.39, 0.29) is 34.7 Å². The molecule has 11 nitrogen and oxygen atoms in total. The van der Waals surface area contributed by atoms with Gasteiger partial charge < -0.3 is 29.9 Å². The van der Waals surface area contributed by atoms with Crippen LogP contribution in [0.25, 0.3) is 0 Å². The average Bonchev–Trinajstić information content (AvgIpc) is 3.38. The van der Waals surface area contributed by atoms with Gasteiger partial charge in [0.15, 0.2) is 21.8 Å². The summed E-state index contributed by atoms with van der Waals surface area (Å²) in [5, 5.41) is 17.1. The first kappa shape index (κ1) is 24.0. The molecule has 0 unspecified atom stereocenters. The number of carboxylic acids is 1. The maximum absolute atomic E-state index is 12.6. The highest BCUT2D eigenvalue weighted by Crippen LogP contribution is 2.30. The number of aromatic carboxylic acids is 1. The summed E-state index contributed by atoms with van der Waals surface area (Å²) >= 11 is 7.26. The summed E-state index contributed by atoms with van der Waals surface area (Å²) < 4.78 is 5.62. The highest BCUT2D eigenvalue weighted by Gasteiger charge is 2.33. The van der Waals surface area contributed by atoms with Crippen LogP contribution < -0.4 is 10.2 Å². The van der Waals surface area contributed by atoms with E-state index in [4.69, 9.17) is 21.2 Å². The molecule has 1 aliphatic rings. The number of thiazole rings is 1. The molecule has 3 N–H and O–H groups in total. The molecular weight excluding hydrogens is 460 g/mol. The van der Waals surface area contributed by atoms with E-state index in [0.717, 1.165) is 0 Å². The molecule has 0 spiro atoms. The second-order valence-corrected chi connectivity index (χ2v) is 8.47. The number of halogens is 1. The Morgan fingerprint density at radius 1 is 1.41 bits per heavy atom. The number of piperidine rings is 1. The molecule has 0 bridgehead atoms. The van der Waals surface area contributed by atoms with Gasteiger partial charge in [0.25, 0.3) is 5.91 Å². The molecule has 2 aromatic rings. The second-order valence-electron chi connectivity index (χ2n) is 7.14. The van der Waals surface area contributed by atoms with Gasteiger partial charge in [-0.25, -0.2) is 14.8 Å². The van der Waals surface area contributed by atoms with Crippen molar-refractivity contribution < 1.29 is 24.3 Å². The fourth-order valence-corrected chi connectivity index (χ4v) is 4.77. The predicted octanol–water partition coefficient (Wildman–Crippen LogP) is 2.17. The van der Waals surface area contributed by atoms with Crippen LogP contribution in [0.4, 0.5) is 5.13 Å². The number of hydrogen-bond donors (Lipinski definition) is 3. The van der Waals surface area contributed by atoms with Gasteiger partial charge in [0.2, 0.25) is 0 Å². The molecular formula is C19H25ClN6O5S. The molecule has 174 valence electrons. The topological polar surface area (TPSA) is 142 Å². The second kappa shape index (κ2) is 10.3. The standard InChI is InChI=1S/C19H25ClN6O5S/c1-5-10-15(20)24-16(21-10)17(27)22-11-6-7-26(8-12(11)30-3)19-23-13(18(28)29)14(32-19)9(2)25-31-4/h11-12H,5-8H2,1-4H3,(H,21,24)(H,22,27)(H,28,29)/b25-9+/t11-,12+/m1/s1. The minimum Gasteiger partial charge on any atom is -0.476 e. The summed E-state index contributed by atoms with van der Waals surface area (Å²) in [4.78, 5) is 42.7. The number of methoxy groups -OCH3 is 1. The fraction of sp³-hybridized carbons (Fsp3) is 0.526. The van der Waals surface area contributed by atoms with Crippen LogP contribution in [0.1, 0.15) is 51.9 Å². The number of rotatable bonds is 8. The Balaban J connectivity index is 1.74. The zero-order chi connectivity index (χ0) is 23.4. The average molecular weight is 485 g/mol.